The third kappa shape index (κ3) is 2.19. The fraction of sp³-hybridized carbons (Fsp3) is 0.294. The molecule has 0 N–H and O–H groups in total. The van der Waals surface area contributed by atoms with Gasteiger partial charge in [0, 0.05) is 44.0 Å². The van der Waals surface area contributed by atoms with Crippen molar-refractivity contribution >= 4 is 11.2 Å². The molecule has 0 amide bonds. The number of allylic oxidation sites excluding steroid dienone is 1. The van der Waals surface area contributed by atoms with E-state index in [1.54, 1.807) is 10.7 Å². The third-order valence-electron chi connectivity index (χ3n) is 3.83. The van der Waals surface area contributed by atoms with Crippen molar-refractivity contribution in [1.82, 2.24) is 24.6 Å². The largest absolute Gasteiger partial charge is 0.241 e. The quantitative estimate of drug-likeness (QED) is 0.745. The van der Waals surface area contributed by atoms with Crippen LogP contribution in [0, 0.1) is 5.92 Å². The van der Waals surface area contributed by atoms with Crippen molar-refractivity contribution in [2.24, 2.45) is 5.92 Å². The zero-order valence-corrected chi connectivity index (χ0v) is 12.7. The average Bonchev–Trinajstić information content (AvgIpc) is 3.11. The van der Waals surface area contributed by atoms with Gasteiger partial charge in [0.05, 0.1) is 11.4 Å². The van der Waals surface area contributed by atoms with Crippen LogP contribution in [0.2, 0.25) is 0 Å². The molecule has 0 bridgehead atoms. The van der Waals surface area contributed by atoms with Gasteiger partial charge in [-0.05, 0) is 18.1 Å². The Morgan fingerprint density at radius 3 is 3.05 bits per heavy atom. The summed E-state index contributed by atoms with van der Waals surface area (Å²) in [6, 6.07) is 3.99. The first-order chi connectivity index (χ1) is 10.7. The highest BCUT2D eigenvalue weighted by atomic mass is 15.2. The van der Waals surface area contributed by atoms with Crippen molar-refractivity contribution in [2.75, 3.05) is 0 Å². The SMILES string of the molecule is CC(C)Cc1ncc2c(n1)CC=C2c1ccc2nccn2n1.[HH]. The molecule has 1 aliphatic rings. The van der Waals surface area contributed by atoms with Gasteiger partial charge in [-0.3, -0.25) is 0 Å². The Balaban J connectivity index is 0.00000156. The van der Waals surface area contributed by atoms with Gasteiger partial charge in [0.25, 0.3) is 0 Å². The summed E-state index contributed by atoms with van der Waals surface area (Å²) >= 11 is 0. The number of fused-ring (bicyclic) bond motifs is 2. The van der Waals surface area contributed by atoms with Crippen LogP contribution in [0.1, 0.15) is 38.0 Å². The molecule has 4 rings (SSSR count). The van der Waals surface area contributed by atoms with Crippen LogP contribution in [0.4, 0.5) is 0 Å². The molecule has 0 spiro atoms. The molecule has 3 aromatic rings. The zero-order chi connectivity index (χ0) is 15.1. The number of hydrogen-bond acceptors (Lipinski definition) is 4. The second kappa shape index (κ2) is 5.02. The minimum absolute atomic E-state index is 0. The predicted molar refractivity (Wildman–Crippen MR) is 86.5 cm³/mol. The smallest absolute Gasteiger partial charge is 0.153 e. The van der Waals surface area contributed by atoms with Crippen LogP contribution in [0.25, 0.3) is 11.2 Å². The van der Waals surface area contributed by atoms with E-state index in [0.29, 0.717) is 5.92 Å². The van der Waals surface area contributed by atoms with E-state index in [1.807, 2.05) is 24.5 Å². The molecule has 0 unspecified atom stereocenters. The summed E-state index contributed by atoms with van der Waals surface area (Å²) < 4.78 is 1.79. The van der Waals surface area contributed by atoms with Gasteiger partial charge in [0.1, 0.15) is 5.82 Å². The number of nitrogens with zero attached hydrogens (tertiary/aromatic N) is 5. The summed E-state index contributed by atoms with van der Waals surface area (Å²) in [6.07, 6.45) is 9.51. The molecule has 5 nitrogen and oxygen atoms in total. The lowest BCUT2D eigenvalue weighted by atomic mass is 10.1. The summed E-state index contributed by atoms with van der Waals surface area (Å²) in [6.45, 7) is 4.37. The van der Waals surface area contributed by atoms with E-state index in [4.69, 9.17) is 4.98 Å². The van der Waals surface area contributed by atoms with Gasteiger partial charge in [-0.25, -0.2) is 19.5 Å². The van der Waals surface area contributed by atoms with E-state index >= 15 is 0 Å². The molecule has 0 radical (unpaired) electrons. The highest BCUT2D eigenvalue weighted by Crippen LogP contribution is 2.30. The average molecular weight is 293 g/mol. The fourth-order valence-electron chi connectivity index (χ4n) is 2.81. The van der Waals surface area contributed by atoms with Crippen LogP contribution in [0.15, 0.2) is 36.8 Å². The summed E-state index contributed by atoms with van der Waals surface area (Å²) in [5, 5.41) is 4.62. The maximum absolute atomic E-state index is 4.71. The minimum atomic E-state index is 0. The number of hydrogen-bond donors (Lipinski definition) is 0. The molecule has 5 heteroatoms. The Hall–Kier alpha value is -2.56. The van der Waals surface area contributed by atoms with Crippen molar-refractivity contribution in [3.8, 4) is 0 Å². The van der Waals surface area contributed by atoms with E-state index in [9.17, 15) is 0 Å². The van der Waals surface area contributed by atoms with Crippen molar-refractivity contribution in [3.05, 3.63) is 59.6 Å². The van der Waals surface area contributed by atoms with Crippen LogP contribution in [-0.4, -0.2) is 24.6 Å². The number of imidazole rings is 1. The summed E-state index contributed by atoms with van der Waals surface area (Å²) in [7, 11) is 0. The lowest BCUT2D eigenvalue weighted by Crippen LogP contribution is -2.04. The minimum Gasteiger partial charge on any atom is -0.241 e. The van der Waals surface area contributed by atoms with Gasteiger partial charge in [-0.2, -0.15) is 5.10 Å². The Bertz CT molecular complexity index is 882. The maximum atomic E-state index is 4.71. The van der Waals surface area contributed by atoms with Gasteiger partial charge in [-0.15, -0.1) is 0 Å². The summed E-state index contributed by atoms with van der Waals surface area (Å²) in [5.41, 5.74) is 5.10. The molecule has 0 aromatic carbocycles. The van der Waals surface area contributed by atoms with E-state index < -0.39 is 0 Å². The first-order valence-corrected chi connectivity index (χ1v) is 7.57. The van der Waals surface area contributed by atoms with Crippen LogP contribution in [0.5, 0.6) is 0 Å². The van der Waals surface area contributed by atoms with Gasteiger partial charge >= 0.3 is 0 Å². The molecule has 0 aliphatic heterocycles. The molecular formula is C17H19N5. The van der Waals surface area contributed by atoms with Crippen molar-refractivity contribution in [3.63, 3.8) is 0 Å². The predicted octanol–water partition coefficient (Wildman–Crippen LogP) is 2.95. The molecule has 3 aromatic heterocycles. The van der Waals surface area contributed by atoms with Crippen molar-refractivity contribution in [1.29, 1.82) is 0 Å². The monoisotopic (exact) mass is 293 g/mol. The third-order valence-corrected chi connectivity index (χ3v) is 3.83. The van der Waals surface area contributed by atoms with Gasteiger partial charge in [0.15, 0.2) is 5.65 Å². The molecule has 0 atom stereocenters. The molecule has 22 heavy (non-hydrogen) atoms. The Kier molecular flexibility index (Phi) is 2.99. The lowest BCUT2D eigenvalue weighted by molar-refractivity contribution is 0.618. The standard InChI is InChI=1S/C17H17N5.H2/c1-11(2)9-16-19-10-13-12(3-4-14(13)20-16)15-5-6-17-18-7-8-22(17)21-15;/h3,5-8,10-11H,4,9H2,1-2H3;1H. The molecule has 0 saturated carbocycles. The van der Waals surface area contributed by atoms with Gasteiger partial charge in [-0.1, -0.05) is 19.9 Å². The Morgan fingerprint density at radius 1 is 1.27 bits per heavy atom. The molecule has 0 saturated heterocycles. The second-order valence-corrected chi connectivity index (χ2v) is 6.02. The summed E-state index contributed by atoms with van der Waals surface area (Å²) in [5.74, 6) is 1.50. The number of aromatic nitrogens is 5. The number of rotatable bonds is 3. The molecule has 1 aliphatic carbocycles. The van der Waals surface area contributed by atoms with E-state index in [1.165, 1.54) is 0 Å². The van der Waals surface area contributed by atoms with Crippen LogP contribution in [-0.2, 0) is 12.8 Å². The lowest BCUT2D eigenvalue weighted by Gasteiger charge is -2.08. The van der Waals surface area contributed by atoms with E-state index in [-0.39, 0.29) is 1.43 Å². The Morgan fingerprint density at radius 2 is 2.18 bits per heavy atom. The molecular weight excluding hydrogens is 274 g/mol. The molecule has 3 heterocycles. The normalized spacial score (nSPS) is 13.7. The Labute approximate surface area is 130 Å². The fourth-order valence-corrected chi connectivity index (χ4v) is 2.81. The van der Waals surface area contributed by atoms with E-state index in [0.717, 1.165) is 46.8 Å². The first-order valence-electron chi connectivity index (χ1n) is 7.57. The van der Waals surface area contributed by atoms with Gasteiger partial charge in [0.2, 0.25) is 0 Å². The maximum Gasteiger partial charge on any atom is 0.153 e. The highest BCUT2D eigenvalue weighted by molar-refractivity contribution is 5.82. The van der Waals surface area contributed by atoms with Gasteiger partial charge < -0.3 is 0 Å². The van der Waals surface area contributed by atoms with E-state index in [2.05, 4.69) is 35.0 Å². The van der Waals surface area contributed by atoms with Crippen molar-refractivity contribution < 1.29 is 1.43 Å². The van der Waals surface area contributed by atoms with Crippen LogP contribution < -0.4 is 0 Å². The topological polar surface area (TPSA) is 56.0 Å². The highest BCUT2D eigenvalue weighted by Gasteiger charge is 2.19. The second-order valence-electron chi connectivity index (χ2n) is 6.02. The zero-order valence-electron chi connectivity index (χ0n) is 12.7. The van der Waals surface area contributed by atoms with Crippen LogP contribution in [0.3, 0.4) is 0 Å². The summed E-state index contributed by atoms with van der Waals surface area (Å²) in [4.78, 5) is 13.5. The first kappa shape index (κ1) is 13.1. The van der Waals surface area contributed by atoms with Crippen molar-refractivity contribution in [2.45, 2.75) is 26.7 Å². The molecule has 112 valence electrons. The van der Waals surface area contributed by atoms with Crippen LogP contribution >= 0.6 is 0 Å². The molecule has 0 fully saturated rings.